The number of fused-ring (bicyclic) bond motifs is 1. The lowest BCUT2D eigenvalue weighted by molar-refractivity contribution is -0.0605. The number of nitrogens with zero attached hydrogens (tertiary/aromatic N) is 5. The van der Waals surface area contributed by atoms with Gasteiger partial charge in [-0.25, -0.2) is 4.39 Å². The van der Waals surface area contributed by atoms with E-state index in [4.69, 9.17) is 9.73 Å². The topological polar surface area (TPSA) is 67.6 Å². The molecule has 2 atom stereocenters. The molecule has 1 N–H and O–H groups in total. The molecule has 1 fully saturated rings. The molecule has 0 radical (unpaired) electrons. The molecule has 0 aliphatic carbocycles. The molecular weight excluding hydrogens is 407 g/mol. The van der Waals surface area contributed by atoms with Crippen molar-refractivity contribution in [2.45, 2.75) is 71.1 Å². The molecule has 2 aliphatic heterocycles. The molecule has 2 aromatic rings. The van der Waals surface area contributed by atoms with Crippen LogP contribution < -0.4 is 5.32 Å². The van der Waals surface area contributed by atoms with Gasteiger partial charge in [0.1, 0.15) is 23.6 Å². The first-order valence-corrected chi connectivity index (χ1v) is 12.0. The normalized spacial score (nSPS) is 21.8. The Bertz CT molecular complexity index is 896. The van der Waals surface area contributed by atoms with Crippen LogP contribution in [0.4, 0.5) is 4.39 Å². The van der Waals surface area contributed by atoms with E-state index in [1.54, 1.807) is 0 Å². The molecule has 32 heavy (non-hydrogen) atoms. The highest BCUT2D eigenvalue weighted by atomic mass is 19.1. The van der Waals surface area contributed by atoms with E-state index in [1.807, 2.05) is 12.1 Å². The molecule has 2 aliphatic rings. The van der Waals surface area contributed by atoms with E-state index in [-0.39, 0.29) is 18.0 Å². The number of rotatable bonds is 6. The van der Waals surface area contributed by atoms with E-state index < -0.39 is 0 Å². The van der Waals surface area contributed by atoms with Crippen molar-refractivity contribution in [1.82, 2.24) is 25.0 Å². The third-order valence-electron chi connectivity index (χ3n) is 6.14. The highest BCUT2D eigenvalue weighted by molar-refractivity contribution is 5.80. The summed E-state index contributed by atoms with van der Waals surface area (Å²) in [5.74, 6) is 2.92. The maximum atomic E-state index is 13.3. The molecule has 3 heterocycles. The Labute approximate surface area is 190 Å². The number of aromatic nitrogens is 3. The largest absolute Gasteiger partial charge is 0.367 e. The molecule has 4 rings (SSSR count). The molecule has 0 amide bonds. The summed E-state index contributed by atoms with van der Waals surface area (Å²) in [5, 5.41) is 12.3. The minimum atomic E-state index is -0.228. The zero-order valence-corrected chi connectivity index (χ0v) is 19.3. The number of hydrogen-bond donors (Lipinski definition) is 1. The van der Waals surface area contributed by atoms with Gasteiger partial charge in [-0.15, -0.1) is 10.2 Å². The lowest BCUT2D eigenvalue weighted by Gasteiger charge is -2.38. The van der Waals surface area contributed by atoms with E-state index in [2.05, 4.69) is 38.8 Å². The van der Waals surface area contributed by atoms with Crippen molar-refractivity contribution >= 4 is 5.96 Å². The van der Waals surface area contributed by atoms with Crippen LogP contribution in [0.2, 0.25) is 0 Å². The molecule has 1 saturated heterocycles. The highest BCUT2D eigenvalue weighted by Gasteiger charge is 2.28. The van der Waals surface area contributed by atoms with Crippen LogP contribution in [-0.2, 0) is 24.1 Å². The van der Waals surface area contributed by atoms with Gasteiger partial charge in [-0.2, -0.15) is 0 Å². The SMILES string of the molecule is CCNC(=NCCCc1nnc2n1CCCCC2)N1CC(C)OC(c2ccc(F)cc2)C1. The number of morpholine rings is 1. The Morgan fingerprint density at radius 1 is 1.19 bits per heavy atom. The maximum Gasteiger partial charge on any atom is 0.194 e. The number of aliphatic imine (C=N–C) groups is 1. The predicted molar refractivity (Wildman–Crippen MR) is 123 cm³/mol. The average molecular weight is 443 g/mol. The number of ether oxygens (including phenoxy) is 1. The van der Waals surface area contributed by atoms with Gasteiger partial charge in [0.2, 0.25) is 0 Å². The van der Waals surface area contributed by atoms with Crippen LogP contribution in [0, 0.1) is 5.82 Å². The molecule has 1 aromatic carbocycles. The summed E-state index contributed by atoms with van der Waals surface area (Å²) in [6.45, 7) is 8.22. The summed E-state index contributed by atoms with van der Waals surface area (Å²) in [7, 11) is 0. The van der Waals surface area contributed by atoms with E-state index in [1.165, 1.54) is 31.4 Å². The van der Waals surface area contributed by atoms with Crippen LogP contribution in [0.15, 0.2) is 29.3 Å². The van der Waals surface area contributed by atoms with Crippen molar-refractivity contribution in [3.05, 3.63) is 47.3 Å². The molecule has 0 spiro atoms. The van der Waals surface area contributed by atoms with Crippen LogP contribution in [0.3, 0.4) is 0 Å². The second-order valence-electron chi connectivity index (χ2n) is 8.73. The Kier molecular flexibility index (Phi) is 7.73. The van der Waals surface area contributed by atoms with Gasteiger partial charge in [-0.3, -0.25) is 4.99 Å². The number of benzene rings is 1. The number of nitrogens with one attached hydrogen (secondary N) is 1. The summed E-state index contributed by atoms with van der Waals surface area (Å²) in [6, 6.07) is 6.60. The number of aryl methyl sites for hydroxylation is 2. The molecule has 8 heteroatoms. The fourth-order valence-corrected chi connectivity index (χ4v) is 4.56. The van der Waals surface area contributed by atoms with Gasteiger partial charge in [0.15, 0.2) is 5.96 Å². The van der Waals surface area contributed by atoms with Crippen LogP contribution in [0.1, 0.15) is 62.8 Å². The first-order chi connectivity index (χ1) is 15.6. The molecule has 7 nitrogen and oxygen atoms in total. The van der Waals surface area contributed by atoms with E-state index in [9.17, 15) is 4.39 Å². The van der Waals surface area contributed by atoms with E-state index in [0.717, 1.165) is 68.6 Å². The van der Waals surface area contributed by atoms with Gasteiger partial charge in [-0.1, -0.05) is 18.6 Å². The zero-order chi connectivity index (χ0) is 22.3. The molecule has 174 valence electrons. The minimum absolute atomic E-state index is 0.0640. The third kappa shape index (κ3) is 5.65. The van der Waals surface area contributed by atoms with Crippen molar-refractivity contribution in [2.75, 3.05) is 26.2 Å². The van der Waals surface area contributed by atoms with Crippen LogP contribution in [-0.4, -0.2) is 57.9 Å². The Morgan fingerprint density at radius 2 is 2.03 bits per heavy atom. The lowest BCUT2D eigenvalue weighted by atomic mass is 10.1. The van der Waals surface area contributed by atoms with Crippen LogP contribution in [0.25, 0.3) is 0 Å². The number of hydrogen-bond acceptors (Lipinski definition) is 4. The summed E-state index contributed by atoms with van der Waals surface area (Å²) in [6.07, 6.45) is 6.54. The highest BCUT2D eigenvalue weighted by Crippen LogP contribution is 2.25. The first-order valence-electron chi connectivity index (χ1n) is 12.0. The minimum Gasteiger partial charge on any atom is -0.367 e. The molecule has 1 aromatic heterocycles. The Hall–Kier alpha value is -2.48. The second-order valence-corrected chi connectivity index (χ2v) is 8.73. The summed E-state index contributed by atoms with van der Waals surface area (Å²) < 4.78 is 21.8. The van der Waals surface area contributed by atoms with Gasteiger partial charge in [-0.05, 0) is 50.8 Å². The number of halogens is 1. The summed E-state index contributed by atoms with van der Waals surface area (Å²) >= 11 is 0. The molecule has 2 unspecified atom stereocenters. The third-order valence-corrected chi connectivity index (χ3v) is 6.14. The van der Waals surface area contributed by atoms with Crippen molar-refractivity contribution in [3.8, 4) is 0 Å². The Morgan fingerprint density at radius 3 is 2.84 bits per heavy atom. The van der Waals surface area contributed by atoms with E-state index in [0.29, 0.717) is 6.54 Å². The van der Waals surface area contributed by atoms with Crippen LogP contribution >= 0.6 is 0 Å². The molecular formula is C24H35FN6O. The summed E-state index contributed by atoms with van der Waals surface area (Å²) in [5.41, 5.74) is 0.992. The van der Waals surface area contributed by atoms with Gasteiger partial charge in [0.25, 0.3) is 0 Å². The van der Waals surface area contributed by atoms with Crippen molar-refractivity contribution in [2.24, 2.45) is 4.99 Å². The van der Waals surface area contributed by atoms with Crippen molar-refractivity contribution in [1.29, 1.82) is 0 Å². The van der Waals surface area contributed by atoms with Gasteiger partial charge in [0.05, 0.1) is 12.6 Å². The van der Waals surface area contributed by atoms with Gasteiger partial charge in [0, 0.05) is 39.0 Å². The fraction of sp³-hybridized carbons (Fsp3) is 0.625. The first kappa shape index (κ1) is 22.7. The average Bonchev–Trinajstić information content (AvgIpc) is 3.01. The second kappa shape index (κ2) is 10.9. The van der Waals surface area contributed by atoms with Crippen molar-refractivity contribution in [3.63, 3.8) is 0 Å². The van der Waals surface area contributed by atoms with E-state index >= 15 is 0 Å². The van der Waals surface area contributed by atoms with Crippen LogP contribution in [0.5, 0.6) is 0 Å². The van der Waals surface area contributed by atoms with Crippen molar-refractivity contribution < 1.29 is 9.13 Å². The maximum absolute atomic E-state index is 13.3. The standard InChI is InChI=1S/C24H35FN6O/c1-3-26-24(27-14-7-9-23-29-28-22-8-5-4-6-15-31(22)23)30-16-18(2)32-21(17-30)19-10-12-20(25)13-11-19/h10-13,18,21H,3-9,14-17H2,1-2H3,(H,26,27). The summed E-state index contributed by atoms with van der Waals surface area (Å²) in [4.78, 5) is 7.16. The van der Waals surface area contributed by atoms with Gasteiger partial charge >= 0.3 is 0 Å². The molecule has 0 saturated carbocycles. The van der Waals surface area contributed by atoms with Gasteiger partial charge < -0.3 is 19.5 Å². The fourth-order valence-electron chi connectivity index (χ4n) is 4.56. The Balaban J connectivity index is 1.37. The monoisotopic (exact) mass is 442 g/mol. The lowest BCUT2D eigenvalue weighted by Crippen LogP contribution is -2.50. The predicted octanol–water partition coefficient (Wildman–Crippen LogP) is 3.50. The quantitative estimate of drug-likeness (QED) is 0.421. The zero-order valence-electron chi connectivity index (χ0n) is 19.3. The smallest absolute Gasteiger partial charge is 0.194 e. The molecule has 0 bridgehead atoms. The number of guanidine groups is 1.